The molecule has 5 nitrogen and oxygen atoms in total. The van der Waals surface area contributed by atoms with E-state index in [1.165, 1.54) is 59.1 Å². The summed E-state index contributed by atoms with van der Waals surface area (Å²) in [4.78, 5) is 22.6. The summed E-state index contributed by atoms with van der Waals surface area (Å²) in [5, 5.41) is 7.81. The summed E-state index contributed by atoms with van der Waals surface area (Å²) < 4.78 is 14.0. The standard InChI is InChI=1S/C12H10FN3O2S3/c13-8-3-1-7(2-4-8)9(17)5-19-11-15-16-12(21-11)20-6-10(14)18/h1-4H,5-6H2,(H2,14,18). The molecule has 0 aliphatic carbocycles. The number of rotatable bonds is 7. The number of nitrogens with two attached hydrogens (primary N) is 1. The fourth-order valence-corrected chi connectivity index (χ4v) is 3.95. The Labute approximate surface area is 132 Å². The first kappa shape index (κ1) is 15.9. The third-order valence-electron chi connectivity index (χ3n) is 2.22. The van der Waals surface area contributed by atoms with Gasteiger partial charge in [-0.15, -0.1) is 10.2 Å². The van der Waals surface area contributed by atoms with Gasteiger partial charge in [0.1, 0.15) is 5.82 Å². The zero-order valence-electron chi connectivity index (χ0n) is 10.6. The second-order valence-corrected chi connectivity index (χ2v) is 7.23. The lowest BCUT2D eigenvalue weighted by Gasteiger charge is -1.98. The predicted octanol–water partition coefficient (Wildman–Crippen LogP) is 2.23. The summed E-state index contributed by atoms with van der Waals surface area (Å²) in [6.45, 7) is 0. The molecule has 0 fully saturated rings. The number of hydrogen-bond donors (Lipinski definition) is 1. The Morgan fingerprint density at radius 1 is 1.10 bits per heavy atom. The Balaban J connectivity index is 1.86. The summed E-state index contributed by atoms with van der Waals surface area (Å²) in [5.41, 5.74) is 5.50. The highest BCUT2D eigenvalue weighted by atomic mass is 32.2. The Morgan fingerprint density at radius 3 is 2.24 bits per heavy atom. The summed E-state index contributed by atoms with van der Waals surface area (Å²) >= 11 is 3.76. The summed E-state index contributed by atoms with van der Waals surface area (Å²) in [5.74, 6) is -0.564. The molecule has 0 radical (unpaired) electrons. The monoisotopic (exact) mass is 343 g/mol. The molecule has 1 aromatic carbocycles. The van der Waals surface area contributed by atoms with E-state index < -0.39 is 5.91 Å². The van der Waals surface area contributed by atoms with Crippen LogP contribution in [0.1, 0.15) is 10.4 Å². The zero-order valence-corrected chi connectivity index (χ0v) is 13.1. The van der Waals surface area contributed by atoms with E-state index in [0.717, 1.165) is 0 Å². The normalized spacial score (nSPS) is 10.5. The lowest BCUT2D eigenvalue weighted by molar-refractivity contribution is -0.115. The van der Waals surface area contributed by atoms with Crippen molar-refractivity contribution in [2.45, 2.75) is 8.68 Å². The third kappa shape index (κ3) is 5.10. The molecular formula is C12H10FN3O2S3. The molecule has 1 heterocycles. The van der Waals surface area contributed by atoms with Gasteiger partial charge in [-0.25, -0.2) is 4.39 Å². The van der Waals surface area contributed by atoms with Crippen molar-refractivity contribution < 1.29 is 14.0 Å². The number of benzene rings is 1. The van der Waals surface area contributed by atoms with Gasteiger partial charge in [-0.05, 0) is 24.3 Å². The highest BCUT2D eigenvalue weighted by Gasteiger charge is 2.11. The Hall–Kier alpha value is -1.45. The number of aromatic nitrogens is 2. The molecular weight excluding hydrogens is 333 g/mol. The zero-order chi connectivity index (χ0) is 15.2. The molecule has 0 aliphatic heterocycles. The molecule has 9 heteroatoms. The highest BCUT2D eigenvalue weighted by molar-refractivity contribution is 8.03. The van der Waals surface area contributed by atoms with Crippen molar-refractivity contribution in [2.75, 3.05) is 11.5 Å². The van der Waals surface area contributed by atoms with Gasteiger partial charge < -0.3 is 5.73 Å². The molecule has 21 heavy (non-hydrogen) atoms. The van der Waals surface area contributed by atoms with E-state index in [9.17, 15) is 14.0 Å². The number of thioether (sulfide) groups is 2. The number of halogens is 1. The van der Waals surface area contributed by atoms with E-state index >= 15 is 0 Å². The maximum atomic E-state index is 12.8. The van der Waals surface area contributed by atoms with Crippen LogP contribution in [0.25, 0.3) is 0 Å². The van der Waals surface area contributed by atoms with Crippen molar-refractivity contribution >= 4 is 46.6 Å². The molecule has 2 aromatic rings. The summed E-state index contributed by atoms with van der Waals surface area (Å²) in [7, 11) is 0. The number of hydrogen-bond acceptors (Lipinski definition) is 7. The second-order valence-electron chi connectivity index (χ2n) is 3.81. The molecule has 110 valence electrons. The van der Waals surface area contributed by atoms with Crippen LogP contribution in [0.15, 0.2) is 32.9 Å². The minimum Gasteiger partial charge on any atom is -0.369 e. The molecule has 2 N–H and O–H groups in total. The Kier molecular flexibility index (Phi) is 5.71. The fourth-order valence-electron chi connectivity index (χ4n) is 1.29. The second kappa shape index (κ2) is 7.53. The molecule has 0 atom stereocenters. The van der Waals surface area contributed by atoms with Crippen LogP contribution in [0, 0.1) is 5.82 Å². The van der Waals surface area contributed by atoms with Crippen molar-refractivity contribution in [3.63, 3.8) is 0 Å². The topological polar surface area (TPSA) is 85.9 Å². The number of nitrogens with zero attached hydrogens (tertiary/aromatic N) is 2. The van der Waals surface area contributed by atoms with Crippen molar-refractivity contribution in [3.05, 3.63) is 35.6 Å². The SMILES string of the molecule is NC(=O)CSc1nnc(SCC(=O)c2ccc(F)cc2)s1. The van der Waals surface area contributed by atoms with Gasteiger partial charge in [0, 0.05) is 5.56 Å². The molecule has 0 bridgehead atoms. The third-order valence-corrected chi connectivity index (χ3v) is 5.43. The predicted molar refractivity (Wildman–Crippen MR) is 81.3 cm³/mol. The van der Waals surface area contributed by atoms with Gasteiger partial charge in [0.25, 0.3) is 0 Å². The number of amides is 1. The van der Waals surface area contributed by atoms with Crippen LogP contribution in [0.2, 0.25) is 0 Å². The van der Waals surface area contributed by atoms with Gasteiger partial charge in [0.05, 0.1) is 11.5 Å². The average Bonchev–Trinajstić information content (AvgIpc) is 2.91. The van der Waals surface area contributed by atoms with Crippen LogP contribution in [0.5, 0.6) is 0 Å². The Bertz CT molecular complexity index is 645. The van der Waals surface area contributed by atoms with E-state index in [2.05, 4.69) is 10.2 Å². The number of primary amides is 1. The number of ketones is 1. The number of Topliss-reactive ketones (excluding diaryl/α,β-unsaturated/α-hetero) is 1. The van der Waals surface area contributed by atoms with Gasteiger partial charge in [-0.1, -0.05) is 34.9 Å². The van der Waals surface area contributed by atoms with E-state index in [1.54, 1.807) is 0 Å². The first-order valence-electron chi connectivity index (χ1n) is 5.71. The molecule has 0 saturated heterocycles. The minimum absolute atomic E-state index is 0.110. The number of carbonyl (C=O) groups excluding carboxylic acids is 2. The van der Waals surface area contributed by atoms with E-state index in [0.29, 0.717) is 14.2 Å². The molecule has 2 rings (SSSR count). The lowest BCUT2D eigenvalue weighted by Crippen LogP contribution is -2.12. The van der Waals surface area contributed by atoms with E-state index in [-0.39, 0.29) is 23.1 Å². The average molecular weight is 343 g/mol. The van der Waals surface area contributed by atoms with Gasteiger partial charge >= 0.3 is 0 Å². The van der Waals surface area contributed by atoms with E-state index in [1.807, 2.05) is 0 Å². The van der Waals surface area contributed by atoms with Crippen molar-refractivity contribution in [1.82, 2.24) is 10.2 Å². The van der Waals surface area contributed by atoms with Gasteiger partial charge in [-0.3, -0.25) is 9.59 Å². The quantitative estimate of drug-likeness (QED) is 0.613. The first-order chi connectivity index (χ1) is 10.0. The van der Waals surface area contributed by atoms with E-state index in [4.69, 9.17) is 5.73 Å². The smallest absolute Gasteiger partial charge is 0.227 e. The highest BCUT2D eigenvalue weighted by Crippen LogP contribution is 2.28. The molecule has 1 amide bonds. The Morgan fingerprint density at radius 2 is 1.67 bits per heavy atom. The van der Waals surface area contributed by atoms with Crippen molar-refractivity contribution in [1.29, 1.82) is 0 Å². The minimum atomic E-state index is -0.420. The maximum absolute atomic E-state index is 12.8. The van der Waals surface area contributed by atoms with Gasteiger partial charge in [-0.2, -0.15) is 0 Å². The molecule has 0 saturated carbocycles. The maximum Gasteiger partial charge on any atom is 0.227 e. The largest absolute Gasteiger partial charge is 0.369 e. The van der Waals surface area contributed by atoms with Crippen LogP contribution < -0.4 is 5.73 Å². The van der Waals surface area contributed by atoms with Crippen LogP contribution >= 0.6 is 34.9 Å². The molecule has 0 unspecified atom stereocenters. The number of carbonyl (C=O) groups is 2. The first-order valence-corrected chi connectivity index (χ1v) is 8.49. The lowest BCUT2D eigenvalue weighted by atomic mass is 10.1. The van der Waals surface area contributed by atoms with Crippen molar-refractivity contribution in [3.8, 4) is 0 Å². The van der Waals surface area contributed by atoms with Crippen LogP contribution in [-0.2, 0) is 4.79 Å². The molecule has 0 spiro atoms. The van der Waals surface area contributed by atoms with Crippen molar-refractivity contribution in [2.24, 2.45) is 5.73 Å². The molecule has 1 aromatic heterocycles. The van der Waals surface area contributed by atoms with Crippen LogP contribution in [-0.4, -0.2) is 33.4 Å². The fraction of sp³-hybridized carbons (Fsp3) is 0.167. The van der Waals surface area contributed by atoms with Crippen LogP contribution in [0.4, 0.5) is 4.39 Å². The summed E-state index contributed by atoms with van der Waals surface area (Å²) in [6.07, 6.45) is 0. The molecule has 0 aliphatic rings. The van der Waals surface area contributed by atoms with Crippen LogP contribution in [0.3, 0.4) is 0 Å². The van der Waals surface area contributed by atoms with Gasteiger partial charge in [0.15, 0.2) is 14.5 Å². The summed E-state index contributed by atoms with van der Waals surface area (Å²) in [6, 6.07) is 5.40. The van der Waals surface area contributed by atoms with Gasteiger partial charge in [0.2, 0.25) is 5.91 Å².